The largest absolute Gasteiger partial charge is 0.345 e. The van der Waals surface area contributed by atoms with Gasteiger partial charge in [-0.05, 0) is 36.6 Å². The van der Waals surface area contributed by atoms with E-state index in [0.29, 0.717) is 16.9 Å². The van der Waals surface area contributed by atoms with Gasteiger partial charge in [0.2, 0.25) is 5.91 Å². The Hall–Kier alpha value is -3.39. The standard InChI is InChI=1S/C21H18N4O3S/c1-13(21-23-15-8-2-3-9-16(15)24-21)22-19(26)12-25-17-10-4-6-14-7-5-11-18(20(14)17)29(25,27)28/h2-11,13H,12H2,1H3,(H,22,26)(H,23,24). The van der Waals surface area contributed by atoms with Crippen LogP contribution in [0.25, 0.3) is 21.8 Å². The molecule has 1 amide bonds. The van der Waals surface area contributed by atoms with Crippen LogP contribution in [0.1, 0.15) is 18.8 Å². The normalized spacial score (nSPS) is 15.7. The van der Waals surface area contributed by atoms with Crippen molar-refractivity contribution in [1.29, 1.82) is 0 Å². The first-order valence-corrected chi connectivity index (χ1v) is 10.7. The molecule has 1 atom stereocenters. The van der Waals surface area contributed by atoms with Gasteiger partial charge in [-0.1, -0.05) is 36.4 Å². The van der Waals surface area contributed by atoms with E-state index in [-0.39, 0.29) is 11.4 Å². The van der Waals surface area contributed by atoms with Crippen LogP contribution < -0.4 is 9.62 Å². The molecule has 0 saturated carbocycles. The van der Waals surface area contributed by atoms with Gasteiger partial charge in [-0.3, -0.25) is 9.10 Å². The number of fused-ring (bicyclic) bond motifs is 1. The molecule has 1 unspecified atom stereocenters. The van der Waals surface area contributed by atoms with Crippen LogP contribution in [0.5, 0.6) is 0 Å². The third-order valence-corrected chi connectivity index (χ3v) is 6.97. The van der Waals surface area contributed by atoms with E-state index in [1.54, 1.807) is 24.3 Å². The highest BCUT2D eigenvalue weighted by Crippen LogP contribution is 2.41. The van der Waals surface area contributed by atoms with E-state index in [9.17, 15) is 13.2 Å². The number of para-hydroxylation sites is 2. The van der Waals surface area contributed by atoms with Crippen LogP contribution in [0.2, 0.25) is 0 Å². The fourth-order valence-electron chi connectivity index (χ4n) is 3.79. The van der Waals surface area contributed by atoms with E-state index in [4.69, 9.17) is 0 Å². The zero-order chi connectivity index (χ0) is 20.2. The summed E-state index contributed by atoms with van der Waals surface area (Å²) < 4.78 is 27.2. The van der Waals surface area contributed by atoms with Crippen molar-refractivity contribution in [3.8, 4) is 0 Å². The fourth-order valence-corrected chi connectivity index (χ4v) is 5.46. The smallest absolute Gasteiger partial charge is 0.265 e. The molecule has 2 heterocycles. The van der Waals surface area contributed by atoms with Gasteiger partial charge < -0.3 is 10.3 Å². The Kier molecular flexibility index (Phi) is 3.85. The van der Waals surface area contributed by atoms with Gasteiger partial charge in [0.05, 0.1) is 27.7 Å². The van der Waals surface area contributed by atoms with Crippen LogP contribution in [0.3, 0.4) is 0 Å². The van der Waals surface area contributed by atoms with E-state index in [0.717, 1.165) is 16.4 Å². The highest BCUT2D eigenvalue weighted by atomic mass is 32.2. The van der Waals surface area contributed by atoms with Crippen LogP contribution in [-0.4, -0.2) is 30.8 Å². The Morgan fingerprint density at radius 1 is 1.10 bits per heavy atom. The second-order valence-corrected chi connectivity index (χ2v) is 8.90. The number of nitrogens with one attached hydrogen (secondary N) is 2. The van der Waals surface area contributed by atoms with Gasteiger partial charge in [-0.25, -0.2) is 13.4 Å². The molecule has 0 saturated heterocycles. The van der Waals surface area contributed by atoms with Crippen molar-refractivity contribution in [3.05, 3.63) is 66.5 Å². The van der Waals surface area contributed by atoms with Gasteiger partial charge in [-0.2, -0.15) is 0 Å². The van der Waals surface area contributed by atoms with Crippen molar-refractivity contribution in [2.75, 3.05) is 10.8 Å². The van der Waals surface area contributed by atoms with Gasteiger partial charge in [0.1, 0.15) is 12.4 Å². The van der Waals surface area contributed by atoms with E-state index in [1.807, 2.05) is 43.3 Å². The molecular weight excluding hydrogens is 388 g/mol. The monoisotopic (exact) mass is 406 g/mol. The Morgan fingerprint density at radius 2 is 1.86 bits per heavy atom. The summed E-state index contributed by atoms with van der Waals surface area (Å²) in [5.74, 6) is 0.223. The Labute approximate surface area is 167 Å². The maximum atomic E-state index is 13.0. The number of H-pyrrole nitrogens is 1. The SMILES string of the molecule is CC(NC(=O)CN1c2cccc3cccc(c23)S1(=O)=O)c1nc2ccccc2[nH]1. The molecule has 0 fully saturated rings. The molecule has 1 aliphatic heterocycles. The summed E-state index contributed by atoms with van der Waals surface area (Å²) >= 11 is 0. The van der Waals surface area contributed by atoms with Gasteiger partial charge in [0.15, 0.2) is 0 Å². The average Bonchev–Trinajstić information content (AvgIpc) is 3.23. The summed E-state index contributed by atoms with van der Waals surface area (Å²) in [6.45, 7) is 1.52. The lowest BCUT2D eigenvalue weighted by Crippen LogP contribution is -2.40. The fraction of sp³-hybridized carbons (Fsp3) is 0.143. The molecular formula is C21H18N4O3S. The molecule has 2 N–H and O–H groups in total. The maximum absolute atomic E-state index is 13.0. The van der Waals surface area contributed by atoms with Gasteiger partial charge in [0.25, 0.3) is 10.0 Å². The van der Waals surface area contributed by atoms with Crippen molar-refractivity contribution in [2.24, 2.45) is 0 Å². The van der Waals surface area contributed by atoms with Crippen LogP contribution in [-0.2, 0) is 14.8 Å². The first kappa shape index (κ1) is 17.7. The number of aromatic nitrogens is 2. The van der Waals surface area contributed by atoms with Crippen LogP contribution in [0, 0.1) is 0 Å². The number of carbonyl (C=O) groups is 1. The second-order valence-electron chi connectivity index (χ2n) is 7.07. The van der Waals surface area contributed by atoms with Crippen LogP contribution in [0.15, 0.2) is 65.6 Å². The van der Waals surface area contributed by atoms with Crippen LogP contribution in [0.4, 0.5) is 5.69 Å². The van der Waals surface area contributed by atoms with Crippen molar-refractivity contribution in [2.45, 2.75) is 17.9 Å². The third kappa shape index (κ3) is 2.75. The predicted molar refractivity (Wildman–Crippen MR) is 111 cm³/mol. The molecule has 0 radical (unpaired) electrons. The Morgan fingerprint density at radius 3 is 2.66 bits per heavy atom. The predicted octanol–water partition coefficient (Wildman–Crippen LogP) is 3.10. The van der Waals surface area contributed by atoms with Crippen molar-refractivity contribution >= 4 is 43.4 Å². The lowest BCUT2D eigenvalue weighted by atomic mass is 10.1. The number of rotatable bonds is 4. The number of benzene rings is 3. The molecule has 8 heteroatoms. The maximum Gasteiger partial charge on any atom is 0.265 e. The minimum absolute atomic E-state index is 0.240. The number of hydrogen-bond donors (Lipinski definition) is 2. The van der Waals surface area contributed by atoms with Gasteiger partial charge in [-0.15, -0.1) is 0 Å². The molecule has 0 spiro atoms. The summed E-state index contributed by atoms with van der Waals surface area (Å²) in [6.07, 6.45) is 0. The molecule has 1 aliphatic rings. The topological polar surface area (TPSA) is 95.2 Å². The van der Waals surface area contributed by atoms with E-state index in [1.165, 1.54) is 4.31 Å². The van der Waals surface area contributed by atoms with E-state index < -0.39 is 22.0 Å². The van der Waals surface area contributed by atoms with Crippen molar-refractivity contribution < 1.29 is 13.2 Å². The number of anilines is 1. The lowest BCUT2D eigenvalue weighted by molar-refractivity contribution is -0.120. The number of aromatic amines is 1. The number of imidazole rings is 1. The molecule has 4 aromatic rings. The molecule has 5 rings (SSSR count). The molecule has 3 aromatic carbocycles. The summed E-state index contributed by atoms with van der Waals surface area (Å²) in [5, 5.41) is 4.34. The average molecular weight is 406 g/mol. The lowest BCUT2D eigenvalue weighted by Gasteiger charge is -2.19. The minimum Gasteiger partial charge on any atom is -0.345 e. The van der Waals surface area contributed by atoms with E-state index >= 15 is 0 Å². The summed E-state index contributed by atoms with van der Waals surface area (Å²) in [7, 11) is -3.77. The number of sulfonamides is 1. The van der Waals surface area contributed by atoms with Crippen molar-refractivity contribution in [3.63, 3.8) is 0 Å². The van der Waals surface area contributed by atoms with Gasteiger partial charge in [0, 0.05) is 5.39 Å². The molecule has 7 nitrogen and oxygen atoms in total. The Bertz CT molecular complexity index is 1340. The Balaban J connectivity index is 1.40. The van der Waals surface area contributed by atoms with Gasteiger partial charge >= 0.3 is 0 Å². The summed E-state index contributed by atoms with van der Waals surface area (Å²) in [5.41, 5.74) is 2.23. The highest BCUT2D eigenvalue weighted by Gasteiger charge is 2.36. The number of hydrogen-bond acceptors (Lipinski definition) is 4. The molecule has 0 aliphatic carbocycles. The highest BCUT2D eigenvalue weighted by molar-refractivity contribution is 7.93. The first-order valence-electron chi connectivity index (χ1n) is 9.23. The van der Waals surface area contributed by atoms with Crippen molar-refractivity contribution in [1.82, 2.24) is 15.3 Å². The third-order valence-electron chi connectivity index (χ3n) is 5.16. The summed E-state index contributed by atoms with van der Waals surface area (Å²) in [6, 6.07) is 17.8. The van der Waals surface area contributed by atoms with Crippen LogP contribution >= 0.6 is 0 Å². The molecule has 1 aromatic heterocycles. The first-order chi connectivity index (χ1) is 13.9. The number of amides is 1. The minimum atomic E-state index is -3.77. The zero-order valence-electron chi connectivity index (χ0n) is 15.6. The molecule has 0 bridgehead atoms. The number of nitrogens with zero attached hydrogens (tertiary/aromatic N) is 2. The second kappa shape index (κ2) is 6.31. The molecule has 29 heavy (non-hydrogen) atoms. The summed E-state index contributed by atoms with van der Waals surface area (Å²) in [4.78, 5) is 20.6. The quantitative estimate of drug-likeness (QED) is 0.544. The number of carbonyl (C=O) groups excluding carboxylic acids is 1. The zero-order valence-corrected chi connectivity index (χ0v) is 16.4. The molecule has 146 valence electrons. The van der Waals surface area contributed by atoms with E-state index in [2.05, 4.69) is 15.3 Å².